The van der Waals surface area contributed by atoms with E-state index in [1.807, 2.05) is 0 Å². The van der Waals surface area contributed by atoms with Gasteiger partial charge >= 0.3 is 11.8 Å². The van der Waals surface area contributed by atoms with Crippen LogP contribution in [0.4, 0.5) is 10.6 Å². The summed E-state index contributed by atoms with van der Waals surface area (Å²) in [6.07, 6.45) is 3.85. The van der Waals surface area contributed by atoms with Crippen molar-refractivity contribution in [2.75, 3.05) is 5.32 Å². The zero-order valence-corrected chi connectivity index (χ0v) is 9.29. The minimum atomic E-state index is -0.666. The molecule has 0 fully saturated rings. The van der Waals surface area contributed by atoms with E-state index >= 15 is 0 Å². The molecule has 0 unspecified atom stereocenters. The number of nitrogens with one attached hydrogen (secondary N) is 2. The number of H-pyrrole nitrogens is 1. The number of carbonyl (C=O) groups is 1. The van der Waals surface area contributed by atoms with Crippen molar-refractivity contribution < 1.29 is 9.53 Å². The summed E-state index contributed by atoms with van der Waals surface area (Å²) < 4.78 is 4.94. The van der Waals surface area contributed by atoms with Crippen molar-refractivity contribution in [3.63, 3.8) is 0 Å². The van der Waals surface area contributed by atoms with Crippen LogP contribution in [0.5, 0.6) is 0 Å². The molecule has 0 aliphatic rings. The summed E-state index contributed by atoms with van der Waals surface area (Å²) in [6, 6.07) is 4.98. The third-order valence-corrected chi connectivity index (χ3v) is 2.00. The largest absolute Gasteiger partial charge is 0.444 e. The highest BCUT2D eigenvalue weighted by Gasteiger charge is 2.04. The number of anilines is 1. The lowest BCUT2D eigenvalue weighted by Crippen LogP contribution is -2.18. The van der Waals surface area contributed by atoms with Gasteiger partial charge in [-0.15, -0.1) is 0 Å². The van der Waals surface area contributed by atoms with Crippen LogP contribution in [0.1, 0.15) is 5.56 Å². The number of hydrogen-bond acceptors (Lipinski definition) is 5. The summed E-state index contributed by atoms with van der Waals surface area (Å²) in [5.74, 6) is 0.228. The van der Waals surface area contributed by atoms with Crippen molar-refractivity contribution in [2.45, 2.75) is 6.61 Å². The molecule has 2 N–H and O–H groups in total. The third-order valence-electron chi connectivity index (χ3n) is 2.00. The Hall–Kier alpha value is -2.70. The molecular weight excluding hydrogens is 236 g/mol. The predicted octanol–water partition coefficient (Wildman–Crippen LogP) is 0.914. The quantitative estimate of drug-likeness (QED) is 0.839. The molecule has 7 nitrogen and oxygen atoms in total. The highest BCUT2D eigenvalue weighted by molar-refractivity contribution is 5.83. The topological polar surface area (TPSA) is 97.0 Å². The first kappa shape index (κ1) is 11.8. The van der Waals surface area contributed by atoms with Crippen LogP contribution >= 0.6 is 0 Å². The number of hydrogen-bond donors (Lipinski definition) is 2. The Morgan fingerprint density at radius 1 is 1.39 bits per heavy atom. The molecule has 0 radical (unpaired) electrons. The van der Waals surface area contributed by atoms with Gasteiger partial charge in [0.25, 0.3) is 0 Å². The Bertz CT molecular complexity index is 582. The molecule has 2 aromatic rings. The zero-order chi connectivity index (χ0) is 12.8. The molecule has 0 aliphatic heterocycles. The summed E-state index contributed by atoms with van der Waals surface area (Å²) in [5, 5.41) is 2.38. The number of carbonyl (C=O) groups excluding carboxylic acids is 1. The second-order valence-electron chi connectivity index (χ2n) is 3.35. The molecule has 0 saturated heterocycles. The van der Waals surface area contributed by atoms with E-state index in [-0.39, 0.29) is 12.4 Å². The van der Waals surface area contributed by atoms with Crippen LogP contribution in [0.3, 0.4) is 0 Å². The van der Waals surface area contributed by atoms with E-state index in [1.54, 1.807) is 24.5 Å². The molecule has 2 heterocycles. The lowest BCUT2D eigenvalue weighted by molar-refractivity contribution is 0.155. The molecule has 2 rings (SSSR count). The second kappa shape index (κ2) is 5.58. The van der Waals surface area contributed by atoms with Gasteiger partial charge in [-0.3, -0.25) is 15.3 Å². The molecule has 18 heavy (non-hydrogen) atoms. The lowest BCUT2D eigenvalue weighted by atomic mass is 10.3. The fraction of sp³-hybridized carbons (Fsp3) is 0.0909. The van der Waals surface area contributed by atoms with Gasteiger partial charge in [0.2, 0.25) is 0 Å². The number of ether oxygens (including phenoxy) is 1. The minimum absolute atomic E-state index is 0.106. The van der Waals surface area contributed by atoms with Crippen molar-refractivity contribution >= 4 is 11.9 Å². The van der Waals surface area contributed by atoms with Crippen LogP contribution in [0.25, 0.3) is 0 Å². The maximum Gasteiger partial charge on any atom is 0.413 e. The molecule has 2 aromatic heterocycles. The van der Waals surface area contributed by atoms with E-state index in [9.17, 15) is 9.59 Å². The van der Waals surface area contributed by atoms with E-state index in [0.29, 0.717) is 0 Å². The van der Waals surface area contributed by atoms with Crippen molar-refractivity contribution in [3.8, 4) is 0 Å². The Labute approximate surface area is 102 Å². The summed E-state index contributed by atoms with van der Waals surface area (Å²) in [5.41, 5.74) is 0.232. The van der Waals surface area contributed by atoms with E-state index in [2.05, 4.69) is 20.3 Å². The molecule has 0 aromatic carbocycles. The highest BCUT2D eigenvalue weighted by Crippen LogP contribution is 2.01. The van der Waals surface area contributed by atoms with Crippen LogP contribution in [0.2, 0.25) is 0 Å². The van der Waals surface area contributed by atoms with Crippen molar-refractivity contribution in [1.29, 1.82) is 0 Å². The molecule has 1 amide bonds. The standard InChI is InChI=1S/C11H10N4O3/c16-10-13-5-3-9(14-10)15-11(17)18-7-8-2-1-4-12-6-8/h1-6H,7H2,(H2,13,14,15,16,17). The van der Waals surface area contributed by atoms with Gasteiger partial charge < -0.3 is 4.74 Å². The van der Waals surface area contributed by atoms with Crippen molar-refractivity contribution in [2.24, 2.45) is 0 Å². The Morgan fingerprint density at radius 2 is 2.28 bits per heavy atom. The second-order valence-corrected chi connectivity index (χ2v) is 3.35. The first-order valence-electron chi connectivity index (χ1n) is 5.12. The molecule has 0 atom stereocenters. The van der Waals surface area contributed by atoms with Crippen molar-refractivity contribution in [1.82, 2.24) is 15.0 Å². The minimum Gasteiger partial charge on any atom is -0.444 e. The number of rotatable bonds is 3. The Kier molecular flexibility index (Phi) is 3.65. The van der Waals surface area contributed by atoms with E-state index < -0.39 is 11.8 Å². The first-order chi connectivity index (χ1) is 8.74. The fourth-order valence-corrected chi connectivity index (χ4v) is 1.22. The smallest absolute Gasteiger partial charge is 0.413 e. The summed E-state index contributed by atoms with van der Waals surface area (Å²) in [7, 11) is 0. The van der Waals surface area contributed by atoms with Gasteiger partial charge in [-0.1, -0.05) is 6.07 Å². The molecular formula is C11H10N4O3. The van der Waals surface area contributed by atoms with Crippen LogP contribution in [-0.2, 0) is 11.3 Å². The molecule has 0 aliphatic carbocycles. The molecule has 0 bridgehead atoms. The maximum absolute atomic E-state index is 11.4. The average Bonchev–Trinajstić information content (AvgIpc) is 2.38. The number of nitrogens with zero attached hydrogens (tertiary/aromatic N) is 2. The van der Waals surface area contributed by atoms with Gasteiger partial charge in [0.1, 0.15) is 12.4 Å². The van der Waals surface area contributed by atoms with E-state index in [4.69, 9.17) is 4.74 Å². The molecule has 0 saturated carbocycles. The van der Waals surface area contributed by atoms with Gasteiger partial charge in [-0.25, -0.2) is 14.6 Å². The van der Waals surface area contributed by atoms with E-state index in [0.717, 1.165) is 5.56 Å². The molecule has 7 heteroatoms. The summed E-state index contributed by atoms with van der Waals surface area (Å²) in [6.45, 7) is 0.106. The van der Waals surface area contributed by atoms with Crippen LogP contribution in [-0.4, -0.2) is 21.0 Å². The lowest BCUT2D eigenvalue weighted by Gasteiger charge is -2.05. The van der Waals surface area contributed by atoms with Gasteiger partial charge in [-0.2, -0.15) is 0 Å². The SMILES string of the molecule is O=C(Nc1ccnc(=O)[nH]1)OCc1cccnc1. The zero-order valence-electron chi connectivity index (χ0n) is 9.29. The summed E-state index contributed by atoms with van der Waals surface area (Å²) >= 11 is 0. The molecule has 92 valence electrons. The highest BCUT2D eigenvalue weighted by atomic mass is 16.5. The van der Waals surface area contributed by atoms with E-state index in [1.165, 1.54) is 12.3 Å². The van der Waals surface area contributed by atoms with Crippen LogP contribution in [0, 0.1) is 0 Å². The van der Waals surface area contributed by atoms with Crippen LogP contribution in [0.15, 0.2) is 41.6 Å². The molecule has 0 spiro atoms. The van der Waals surface area contributed by atoms with Crippen LogP contribution < -0.4 is 11.0 Å². The average molecular weight is 246 g/mol. The van der Waals surface area contributed by atoms with Gasteiger partial charge in [-0.05, 0) is 12.1 Å². The third kappa shape index (κ3) is 3.41. The van der Waals surface area contributed by atoms with Gasteiger partial charge in [0.15, 0.2) is 0 Å². The number of pyridine rings is 1. The summed E-state index contributed by atoms with van der Waals surface area (Å²) in [4.78, 5) is 32.0. The van der Waals surface area contributed by atoms with Crippen molar-refractivity contribution in [3.05, 3.63) is 52.8 Å². The number of aromatic amines is 1. The Morgan fingerprint density at radius 3 is 3.00 bits per heavy atom. The Balaban J connectivity index is 1.88. The van der Waals surface area contributed by atoms with Gasteiger partial charge in [0, 0.05) is 24.2 Å². The fourth-order valence-electron chi connectivity index (χ4n) is 1.22. The normalized spacial score (nSPS) is 9.78. The van der Waals surface area contributed by atoms with Gasteiger partial charge in [0.05, 0.1) is 0 Å². The number of aromatic nitrogens is 3. The number of amides is 1. The predicted molar refractivity (Wildman–Crippen MR) is 62.9 cm³/mol. The maximum atomic E-state index is 11.4. The first-order valence-corrected chi connectivity index (χ1v) is 5.12. The monoisotopic (exact) mass is 246 g/mol.